The molecule has 10 rings (SSSR count). The van der Waals surface area contributed by atoms with Gasteiger partial charge in [-0.2, -0.15) is 5.26 Å². The summed E-state index contributed by atoms with van der Waals surface area (Å²) >= 11 is 0. The van der Waals surface area contributed by atoms with E-state index in [1.807, 2.05) is 18.2 Å². The molecule has 0 N–H and O–H groups in total. The monoisotopic (exact) mass is 609 g/mol. The highest BCUT2D eigenvalue weighted by molar-refractivity contribution is 6.19. The second-order valence-electron chi connectivity index (χ2n) is 12.5. The molecule has 0 aliphatic heterocycles. The maximum Gasteiger partial charge on any atom is 0.0991 e. The zero-order valence-corrected chi connectivity index (χ0v) is 25.9. The van der Waals surface area contributed by atoms with Gasteiger partial charge in [0.1, 0.15) is 0 Å². The van der Waals surface area contributed by atoms with Gasteiger partial charge in [0.15, 0.2) is 0 Å². The molecule has 0 aliphatic carbocycles. The van der Waals surface area contributed by atoms with Crippen LogP contribution < -0.4 is 0 Å². The molecule has 3 nitrogen and oxygen atoms in total. The fourth-order valence-electron chi connectivity index (χ4n) is 7.83. The van der Waals surface area contributed by atoms with E-state index in [1.165, 1.54) is 49.2 Å². The van der Waals surface area contributed by atoms with Crippen LogP contribution in [-0.4, -0.2) is 9.13 Å². The third-order valence-corrected chi connectivity index (χ3v) is 9.90. The van der Waals surface area contributed by atoms with Gasteiger partial charge in [0.2, 0.25) is 0 Å². The number of hydrogen-bond acceptors (Lipinski definition) is 1. The molecular formula is C45H27N3. The Bertz CT molecular complexity index is 2950. The molecule has 0 saturated carbocycles. The Labute approximate surface area is 276 Å². The summed E-state index contributed by atoms with van der Waals surface area (Å²) in [6, 6.07) is 60.9. The molecule has 0 radical (unpaired) electrons. The smallest absolute Gasteiger partial charge is 0.0991 e. The van der Waals surface area contributed by atoms with Gasteiger partial charge in [0, 0.05) is 44.0 Å². The van der Waals surface area contributed by atoms with Crippen molar-refractivity contribution >= 4 is 65.2 Å². The minimum Gasteiger partial charge on any atom is -0.309 e. The first-order valence-corrected chi connectivity index (χ1v) is 16.3. The molecule has 0 atom stereocenters. The second kappa shape index (κ2) is 10.2. The quantitative estimate of drug-likeness (QED) is 0.183. The van der Waals surface area contributed by atoms with E-state index < -0.39 is 0 Å². The van der Waals surface area contributed by atoms with E-state index in [0.29, 0.717) is 5.56 Å². The van der Waals surface area contributed by atoms with Gasteiger partial charge < -0.3 is 9.13 Å². The Morgan fingerprint density at radius 3 is 1.50 bits per heavy atom. The molecule has 8 aromatic carbocycles. The fourth-order valence-corrected chi connectivity index (χ4v) is 7.83. The molecule has 2 aromatic heterocycles. The highest BCUT2D eigenvalue weighted by Gasteiger charge is 2.21. The van der Waals surface area contributed by atoms with Crippen LogP contribution in [0.25, 0.3) is 87.7 Å². The van der Waals surface area contributed by atoms with E-state index in [4.69, 9.17) is 0 Å². The molecule has 0 saturated heterocycles. The minimum absolute atomic E-state index is 0.668. The van der Waals surface area contributed by atoms with Crippen molar-refractivity contribution in [2.75, 3.05) is 0 Å². The number of nitrogens with zero attached hydrogens (tertiary/aromatic N) is 3. The summed E-state index contributed by atoms with van der Waals surface area (Å²) in [7, 11) is 0. The van der Waals surface area contributed by atoms with Crippen LogP contribution in [0.4, 0.5) is 0 Å². The summed E-state index contributed by atoms with van der Waals surface area (Å²) in [5, 5.41) is 19.1. The molecule has 0 amide bonds. The molecular weight excluding hydrogens is 583 g/mol. The number of benzene rings is 8. The minimum atomic E-state index is 0.668. The average molecular weight is 610 g/mol. The lowest BCUT2D eigenvalue weighted by molar-refractivity contribution is 1.17. The largest absolute Gasteiger partial charge is 0.309 e. The summed E-state index contributed by atoms with van der Waals surface area (Å²) in [4.78, 5) is 0. The van der Waals surface area contributed by atoms with Crippen molar-refractivity contribution in [3.63, 3.8) is 0 Å². The fraction of sp³-hybridized carbons (Fsp3) is 0. The van der Waals surface area contributed by atoms with Crippen molar-refractivity contribution in [3.05, 3.63) is 169 Å². The molecule has 0 aliphatic rings. The molecule has 2 heterocycles. The van der Waals surface area contributed by atoms with E-state index >= 15 is 0 Å². The highest BCUT2D eigenvalue weighted by Crippen LogP contribution is 2.43. The van der Waals surface area contributed by atoms with Crippen LogP contribution >= 0.6 is 0 Å². The first-order valence-electron chi connectivity index (χ1n) is 16.3. The van der Waals surface area contributed by atoms with E-state index in [0.717, 1.165) is 38.4 Å². The summed E-state index contributed by atoms with van der Waals surface area (Å²) in [5.74, 6) is 0. The Kier molecular flexibility index (Phi) is 5.64. The van der Waals surface area contributed by atoms with Crippen molar-refractivity contribution in [1.82, 2.24) is 9.13 Å². The number of hydrogen-bond donors (Lipinski definition) is 0. The molecule has 222 valence electrons. The van der Waals surface area contributed by atoms with Crippen LogP contribution in [0.15, 0.2) is 164 Å². The first kappa shape index (κ1) is 26.6. The van der Waals surface area contributed by atoms with E-state index in [1.54, 1.807) is 0 Å². The number of para-hydroxylation sites is 5. The van der Waals surface area contributed by atoms with Crippen LogP contribution in [0.3, 0.4) is 0 Å². The number of nitriles is 1. The van der Waals surface area contributed by atoms with Crippen molar-refractivity contribution in [2.45, 2.75) is 0 Å². The van der Waals surface area contributed by atoms with Crippen LogP contribution in [-0.2, 0) is 0 Å². The van der Waals surface area contributed by atoms with Gasteiger partial charge in [0.25, 0.3) is 0 Å². The SMILES string of the molecule is N#Cc1ccc2ccc3ccc(-n4c5ccccc5c5cccc(-c6cccc7c8ccccc8n(-c8ccccc8)c67)c54)cc3c2c1. The van der Waals surface area contributed by atoms with Crippen molar-refractivity contribution in [1.29, 1.82) is 5.26 Å². The van der Waals surface area contributed by atoms with Gasteiger partial charge in [-0.1, -0.05) is 115 Å². The number of rotatable bonds is 3. The third kappa shape index (κ3) is 3.75. The van der Waals surface area contributed by atoms with E-state index in [2.05, 4.69) is 161 Å². The van der Waals surface area contributed by atoms with Gasteiger partial charge in [-0.25, -0.2) is 0 Å². The lowest BCUT2D eigenvalue weighted by atomic mass is 9.98. The van der Waals surface area contributed by atoms with Gasteiger partial charge in [-0.15, -0.1) is 0 Å². The van der Waals surface area contributed by atoms with Crippen LogP contribution in [0.1, 0.15) is 5.56 Å². The summed E-state index contributed by atoms with van der Waals surface area (Å²) in [6.45, 7) is 0. The zero-order chi connectivity index (χ0) is 31.8. The number of aromatic nitrogens is 2. The third-order valence-electron chi connectivity index (χ3n) is 9.90. The first-order chi connectivity index (χ1) is 23.8. The zero-order valence-electron chi connectivity index (χ0n) is 25.9. The molecule has 0 spiro atoms. The molecule has 48 heavy (non-hydrogen) atoms. The predicted molar refractivity (Wildman–Crippen MR) is 200 cm³/mol. The molecule has 0 unspecified atom stereocenters. The van der Waals surface area contributed by atoms with Crippen molar-refractivity contribution in [3.8, 4) is 28.6 Å². The van der Waals surface area contributed by atoms with E-state index in [9.17, 15) is 5.26 Å². The number of fused-ring (bicyclic) bond motifs is 9. The lowest BCUT2D eigenvalue weighted by Crippen LogP contribution is -1.98. The van der Waals surface area contributed by atoms with E-state index in [-0.39, 0.29) is 0 Å². The molecule has 10 aromatic rings. The normalized spacial score (nSPS) is 11.7. The van der Waals surface area contributed by atoms with Gasteiger partial charge in [-0.3, -0.25) is 0 Å². The summed E-state index contributed by atoms with van der Waals surface area (Å²) in [6.07, 6.45) is 0. The second-order valence-corrected chi connectivity index (χ2v) is 12.5. The topological polar surface area (TPSA) is 33.6 Å². The highest BCUT2D eigenvalue weighted by atomic mass is 15.0. The maximum atomic E-state index is 9.71. The van der Waals surface area contributed by atoms with Crippen LogP contribution in [0, 0.1) is 11.3 Å². The molecule has 0 fully saturated rings. The van der Waals surface area contributed by atoms with Crippen LogP contribution in [0.5, 0.6) is 0 Å². The Balaban J connectivity index is 1.34. The lowest BCUT2D eigenvalue weighted by Gasteiger charge is -2.15. The molecule has 3 heteroatoms. The Morgan fingerprint density at radius 2 is 0.875 bits per heavy atom. The average Bonchev–Trinajstić information content (AvgIpc) is 3.68. The maximum absolute atomic E-state index is 9.71. The summed E-state index contributed by atoms with van der Waals surface area (Å²) in [5.41, 5.74) is 9.99. The van der Waals surface area contributed by atoms with Crippen molar-refractivity contribution in [2.24, 2.45) is 0 Å². The Morgan fingerprint density at radius 1 is 0.375 bits per heavy atom. The van der Waals surface area contributed by atoms with Crippen LogP contribution in [0.2, 0.25) is 0 Å². The predicted octanol–water partition coefficient (Wildman–Crippen LogP) is 11.7. The summed E-state index contributed by atoms with van der Waals surface area (Å²) < 4.78 is 4.85. The van der Waals surface area contributed by atoms with Gasteiger partial charge >= 0.3 is 0 Å². The van der Waals surface area contributed by atoms with Crippen molar-refractivity contribution < 1.29 is 0 Å². The molecule has 0 bridgehead atoms. The Hall–Kier alpha value is -6.63. The van der Waals surface area contributed by atoms with Gasteiger partial charge in [-0.05, 0) is 70.1 Å². The van der Waals surface area contributed by atoms with Gasteiger partial charge in [0.05, 0.1) is 33.7 Å². The standard InChI is InChI=1S/C45H27N3/c46-28-29-20-21-30-22-23-31-24-25-33(27-41(31)40(30)26-29)48-43-19-7-5-13-35(43)37-15-9-17-39(45(37)48)38-16-8-14-36-34-12-4-6-18-42(34)47(44(36)38)32-10-2-1-3-11-32/h1-27H.